The average Bonchev–Trinajstić information content (AvgIpc) is 2.80. The van der Waals surface area contributed by atoms with E-state index in [9.17, 15) is 9.59 Å². The van der Waals surface area contributed by atoms with E-state index in [1.54, 1.807) is 0 Å². The van der Waals surface area contributed by atoms with Gasteiger partial charge in [-0.3, -0.25) is 4.79 Å². The minimum absolute atomic E-state index is 0.0426. The molecule has 0 radical (unpaired) electrons. The Morgan fingerprint density at radius 1 is 1.09 bits per heavy atom. The SMILES string of the molecule is CC(=O)CCC(=O)c1ccc(C/C=C2/CCCOCC2)cc1. The Labute approximate surface area is 132 Å². The third kappa shape index (κ3) is 5.57. The maximum atomic E-state index is 11.9. The van der Waals surface area contributed by atoms with Crippen LogP contribution in [0, 0.1) is 0 Å². The van der Waals surface area contributed by atoms with E-state index < -0.39 is 0 Å². The van der Waals surface area contributed by atoms with Crippen molar-refractivity contribution < 1.29 is 14.3 Å². The fourth-order valence-electron chi connectivity index (χ4n) is 2.56. The molecule has 0 amide bonds. The molecule has 0 aromatic heterocycles. The molecule has 3 heteroatoms. The second kappa shape index (κ2) is 8.64. The van der Waals surface area contributed by atoms with E-state index in [4.69, 9.17) is 4.74 Å². The fraction of sp³-hybridized carbons (Fsp3) is 0.474. The highest BCUT2D eigenvalue weighted by Crippen LogP contribution is 2.16. The molecule has 1 aliphatic heterocycles. The molecular weight excluding hydrogens is 276 g/mol. The second-order valence-corrected chi connectivity index (χ2v) is 5.85. The molecule has 0 atom stereocenters. The molecule has 0 spiro atoms. The molecule has 1 aromatic rings. The summed E-state index contributed by atoms with van der Waals surface area (Å²) in [5.74, 6) is 0.102. The first-order valence-electron chi connectivity index (χ1n) is 8.02. The van der Waals surface area contributed by atoms with Crippen LogP contribution in [0.2, 0.25) is 0 Å². The third-order valence-corrected chi connectivity index (χ3v) is 3.96. The van der Waals surface area contributed by atoms with Gasteiger partial charge in [-0.25, -0.2) is 0 Å². The number of ether oxygens (including phenoxy) is 1. The quantitative estimate of drug-likeness (QED) is 0.591. The Bertz CT molecular complexity index is 530. The van der Waals surface area contributed by atoms with Crippen LogP contribution in [0.5, 0.6) is 0 Å². The van der Waals surface area contributed by atoms with Crippen molar-refractivity contribution in [2.75, 3.05) is 13.2 Å². The molecule has 1 heterocycles. The topological polar surface area (TPSA) is 43.4 Å². The minimum atomic E-state index is 0.0426. The number of hydrogen-bond acceptors (Lipinski definition) is 3. The van der Waals surface area contributed by atoms with Gasteiger partial charge in [0.05, 0.1) is 6.61 Å². The maximum absolute atomic E-state index is 11.9. The summed E-state index contributed by atoms with van der Waals surface area (Å²) in [6.07, 6.45) is 7.09. The van der Waals surface area contributed by atoms with Gasteiger partial charge in [-0.2, -0.15) is 0 Å². The molecule has 3 nitrogen and oxygen atoms in total. The Kier molecular flexibility index (Phi) is 6.53. The van der Waals surface area contributed by atoms with Crippen LogP contribution in [-0.4, -0.2) is 24.8 Å². The predicted molar refractivity (Wildman–Crippen MR) is 87.1 cm³/mol. The number of carbonyl (C=O) groups excluding carboxylic acids is 2. The van der Waals surface area contributed by atoms with Crippen LogP contribution >= 0.6 is 0 Å². The summed E-state index contributed by atoms with van der Waals surface area (Å²) in [6.45, 7) is 3.21. The number of ketones is 2. The number of hydrogen-bond donors (Lipinski definition) is 0. The van der Waals surface area contributed by atoms with Gasteiger partial charge in [0.15, 0.2) is 5.78 Å². The third-order valence-electron chi connectivity index (χ3n) is 3.96. The van der Waals surface area contributed by atoms with Crippen molar-refractivity contribution in [3.8, 4) is 0 Å². The van der Waals surface area contributed by atoms with Gasteiger partial charge in [0.1, 0.15) is 5.78 Å². The van der Waals surface area contributed by atoms with Gasteiger partial charge in [-0.15, -0.1) is 0 Å². The van der Waals surface area contributed by atoms with Crippen molar-refractivity contribution in [3.05, 3.63) is 47.0 Å². The number of allylic oxidation sites excluding steroid dienone is 1. The summed E-state index contributed by atoms with van der Waals surface area (Å²) in [5, 5.41) is 0. The van der Waals surface area contributed by atoms with Crippen molar-refractivity contribution in [2.45, 2.75) is 45.4 Å². The number of carbonyl (C=O) groups is 2. The first-order valence-corrected chi connectivity index (χ1v) is 8.02. The summed E-state index contributed by atoms with van der Waals surface area (Å²) in [4.78, 5) is 22.9. The Balaban J connectivity index is 1.89. The van der Waals surface area contributed by atoms with Crippen LogP contribution in [0.15, 0.2) is 35.9 Å². The monoisotopic (exact) mass is 300 g/mol. The highest BCUT2D eigenvalue weighted by molar-refractivity contribution is 5.97. The summed E-state index contributed by atoms with van der Waals surface area (Å²) in [5.41, 5.74) is 3.38. The molecule has 0 saturated carbocycles. The number of Topliss-reactive ketones (excluding diaryl/α,β-unsaturated/α-hetero) is 2. The van der Waals surface area contributed by atoms with E-state index in [0.717, 1.165) is 38.9 Å². The number of benzene rings is 1. The normalized spacial score (nSPS) is 17.2. The van der Waals surface area contributed by atoms with Gasteiger partial charge in [0.2, 0.25) is 0 Å². The highest BCUT2D eigenvalue weighted by Gasteiger charge is 2.07. The van der Waals surface area contributed by atoms with Gasteiger partial charge in [-0.1, -0.05) is 35.9 Å². The van der Waals surface area contributed by atoms with Crippen LogP contribution in [-0.2, 0) is 16.0 Å². The highest BCUT2D eigenvalue weighted by atomic mass is 16.5. The van der Waals surface area contributed by atoms with E-state index in [0.29, 0.717) is 18.4 Å². The molecule has 0 bridgehead atoms. The first-order chi connectivity index (χ1) is 10.6. The lowest BCUT2D eigenvalue weighted by atomic mass is 10.0. The van der Waals surface area contributed by atoms with Crippen LogP contribution in [0.25, 0.3) is 0 Å². The largest absolute Gasteiger partial charge is 0.381 e. The van der Waals surface area contributed by atoms with E-state index in [1.165, 1.54) is 18.1 Å². The van der Waals surface area contributed by atoms with Crippen LogP contribution in [0.3, 0.4) is 0 Å². The summed E-state index contributed by atoms with van der Waals surface area (Å²) >= 11 is 0. The molecule has 1 saturated heterocycles. The van der Waals surface area contributed by atoms with Gasteiger partial charge >= 0.3 is 0 Å². The molecule has 22 heavy (non-hydrogen) atoms. The summed E-state index contributed by atoms with van der Waals surface area (Å²) in [7, 11) is 0. The van der Waals surface area contributed by atoms with E-state index in [2.05, 4.69) is 6.08 Å². The molecule has 1 aromatic carbocycles. The van der Waals surface area contributed by atoms with Gasteiger partial charge < -0.3 is 9.53 Å². The van der Waals surface area contributed by atoms with Crippen molar-refractivity contribution >= 4 is 11.6 Å². The van der Waals surface area contributed by atoms with E-state index in [-0.39, 0.29) is 11.6 Å². The molecule has 1 aliphatic rings. The van der Waals surface area contributed by atoms with Crippen molar-refractivity contribution in [2.24, 2.45) is 0 Å². The van der Waals surface area contributed by atoms with Crippen molar-refractivity contribution in [3.63, 3.8) is 0 Å². The lowest BCUT2D eigenvalue weighted by Gasteiger charge is -2.04. The van der Waals surface area contributed by atoms with Gasteiger partial charge in [0, 0.05) is 25.0 Å². The first kappa shape index (κ1) is 16.6. The molecule has 0 unspecified atom stereocenters. The zero-order valence-electron chi connectivity index (χ0n) is 13.3. The minimum Gasteiger partial charge on any atom is -0.381 e. The smallest absolute Gasteiger partial charge is 0.163 e. The standard InChI is InChI=1S/C19H24O3/c1-15(20)4-11-19(21)18-9-7-17(8-10-18)6-5-16-3-2-13-22-14-12-16/h5,7-10H,2-4,6,11-14H2,1H3/b16-5-. The molecular formula is C19H24O3. The molecule has 1 fully saturated rings. The lowest BCUT2D eigenvalue weighted by Crippen LogP contribution is -2.02. The van der Waals surface area contributed by atoms with E-state index in [1.807, 2.05) is 24.3 Å². The molecule has 0 N–H and O–H groups in total. The Morgan fingerprint density at radius 3 is 2.59 bits per heavy atom. The zero-order valence-corrected chi connectivity index (χ0v) is 13.3. The molecule has 118 valence electrons. The van der Waals surface area contributed by atoms with Crippen LogP contribution in [0.1, 0.15) is 54.9 Å². The fourth-order valence-corrected chi connectivity index (χ4v) is 2.56. The maximum Gasteiger partial charge on any atom is 0.163 e. The Hall–Kier alpha value is -1.74. The van der Waals surface area contributed by atoms with E-state index >= 15 is 0 Å². The predicted octanol–water partition coefficient (Wildman–Crippen LogP) is 3.91. The van der Waals surface area contributed by atoms with Crippen LogP contribution < -0.4 is 0 Å². The summed E-state index contributed by atoms with van der Waals surface area (Å²) < 4.78 is 5.46. The lowest BCUT2D eigenvalue weighted by molar-refractivity contribution is -0.116. The van der Waals surface area contributed by atoms with Crippen molar-refractivity contribution in [1.29, 1.82) is 0 Å². The average molecular weight is 300 g/mol. The molecule has 2 rings (SSSR count). The summed E-state index contributed by atoms with van der Waals surface area (Å²) in [6, 6.07) is 7.75. The van der Waals surface area contributed by atoms with Gasteiger partial charge in [0.25, 0.3) is 0 Å². The number of rotatable bonds is 6. The second-order valence-electron chi connectivity index (χ2n) is 5.85. The zero-order chi connectivity index (χ0) is 15.8. The Morgan fingerprint density at radius 2 is 1.86 bits per heavy atom. The molecule has 0 aliphatic carbocycles. The van der Waals surface area contributed by atoms with Crippen molar-refractivity contribution in [1.82, 2.24) is 0 Å². The van der Waals surface area contributed by atoms with Gasteiger partial charge in [-0.05, 0) is 38.2 Å². The van der Waals surface area contributed by atoms with Crippen LogP contribution in [0.4, 0.5) is 0 Å².